The molecule has 1 aromatic heterocycles. The molecule has 1 unspecified atom stereocenters. The van der Waals surface area contributed by atoms with Gasteiger partial charge in [0.05, 0.1) is 13.2 Å². The lowest BCUT2D eigenvalue weighted by Crippen LogP contribution is -2.54. The summed E-state index contributed by atoms with van der Waals surface area (Å²) in [5.74, 6) is -0.0804. The zero-order valence-corrected chi connectivity index (χ0v) is 13.9. The van der Waals surface area contributed by atoms with E-state index in [-0.39, 0.29) is 5.91 Å². The third kappa shape index (κ3) is 3.05. The molecule has 1 amide bonds. The number of carbonyl (C=O) groups excluding carboxylic acids is 1. The Hall–Kier alpha value is -0.960. The van der Waals surface area contributed by atoms with Gasteiger partial charge in [-0.25, -0.2) is 8.42 Å². The molecular formula is C14H20N2O4S2. The maximum Gasteiger partial charge on any atom is 0.253 e. The molecule has 2 aliphatic heterocycles. The zero-order valence-electron chi connectivity index (χ0n) is 12.3. The van der Waals surface area contributed by atoms with Crippen LogP contribution in [0.4, 0.5) is 0 Å². The molecule has 0 aromatic carbocycles. The second-order valence-corrected chi connectivity index (χ2v) is 8.56. The summed E-state index contributed by atoms with van der Waals surface area (Å²) in [7, 11) is -3.58. The van der Waals surface area contributed by atoms with Gasteiger partial charge in [0.2, 0.25) is 5.91 Å². The van der Waals surface area contributed by atoms with Gasteiger partial charge in [0.15, 0.2) is 0 Å². The van der Waals surface area contributed by atoms with Crippen LogP contribution in [0.3, 0.4) is 0 Å². The second kappa shape index (κ2) is 6.66. The number of morpholine rings is 1. The van der Waals surface area contributed by atoms with Gasteiger partial charge in [-0.2, -0.15) is 4.31 Å². The van der Waals surface area contributed by atoms with Gasteiger partial charge in [-0.1, -0.05) is 12.5 Å². The Morgan fingerprint density at radius 1 is 1.23 bits per heavy atom. The predicted octanol–water partition coefficient (Wildman–Crippen LogP) is 1.15. The van der Waals surface area contributed by atoms with E-state index in [0.717, 1.165) is 12.8 Å². The first-order valence-electron chi connectivity index (χ1n) is 7.52. The molecule has 2 saturated heterocycles. The highest BCUT2D eigenvalue weighted by Crippen LogP contribution is 2.28. The number of amides is 1. The standard InChI is InChI=1S/C14H20N2O4S2/c17-14(15-7-9-20-10-8-15)12-4-1-2-6-16(12)22(18,19)13-5-3-11-21-13/h3,5,11-12H,1-2,4,6-10H2. The number of nitrogens with zero attached hydrogens (tertiary/aromatic N) is 2. The van der Waals surface area contributed by atoms with E-state index < -0.39 is 16.1 Å². The summed E-state index contributed by atoms with van der Waals surface area (Å²) in [6, 6.07) is 2.75. The van der Waals surface area contributed by atoms with Crippen molar-refractivity contribution in [3.05, 3.63) is 17.5 Å². The minimum atomic E-state index is -3.58. The normalized spacial score (nSPS) is 24.4. The molecule has 0 bridgehead atoms. The van der Waals surface area contributed by atoms with E-state index in [9.17, 15) is 13.2 Å². The number of thiophene rings is 1. The van der Waals surface area contributed by atoms with E-state index in [0.29, 0.717) is 43.5 Å². The van der Waals surface area contributed by atoms with Crippen LogP contribution in [0.2, 0.25) is 0 Å². The smallest absolute Gasteiger partial charge is 0.253 e. The molecule has 3 rings (SSSR count). The molecule has 122 valence electrons. The van der Waals surface area contributed by atoms with Crippen LogP contribution in [-0.2, 0) is 19.6 Å². The Kier molecular flexibility index (Phi) is 4.82. The third-order valence-electron chi connectivity index (χ3n) is 4.12. The lowest BCUT2D eigenvalue weighted by Gasteiger charge is -2.37. The van der Waals surface area contributed by atoms with Crippen molar-refractivity contribution in [1.29, 1.82) is 0 Å². The molecule has 22 heavy (non-hydrogen) atoms. The van der Waals surface area contributed by atoms with Crippen LogP contribution in [0.15, 0.2) is 21.7 Å². The molecule has 1 atom stereocenters. The second-order valence-electron chi connectivity index (χ2n) is 5.50. The molecule has 0 aliphatic carbocycles. The van der Waals surface area contributed by atoms with E-state index in [4.69, 9.17) is 4.74 Å². The first-order valence-corrected chi connectivity index (χ1v) is 9.84. The highest BCUT2D eigenvalue weighted by molar-refractivity contribution is 7.91. The molecule has 2 fully saturated rings. The minimum absolute atomic E-state index is 0.0804. The lowest BCUT2D eigenvalue weighted by molar-refractivity contribution is -0.140. The molecule has 0 spiro atoms. The van der Waals surface area contributed by atoms with Gasteiger partial charge in [-0.15, -0.1) is 11.3 Å². The van der Waals surface area contributed by atoms with Gasteiger partial charge in [-0.3, -0.25) is 4.79 Å². The van der Waals surface area contributed by atoms with Crippen LogP contribution < -0.4 is 0 Å². The van der Waals surface area contributed by atoms with Crippen molar-refractivity contribution in [2.24, 2.45) is 0 Å². The van der Waals surface area contributed by atoms with Gasteiger partial charge >= 0.3 is 0 Å². The fourth-order valence-electron chi connectivity index (χ4n) is 2.96. The van der Waals surface area contributed by atoms with Gasteiger partial charge in [0, 0.05) is 19.6 Å². The Morgan fingerprint density at radius 3 is 2.68 bits per heavy atom. The quantitative estimate of drug-likeness (QED) is 0.825. The van der Waals surface area contributed by atoms with Crippen LogP contribution in [-0.4, -0.2) is 62.4 Å². The van der Waals surface area contributed by atoms with Crippen LogP contribution in [0.25, 0.3) is 0 Å². The van der Waals surface area contributed by atoms with Gasteiger partial charge in [0.1, 0.15) is 10.3 Å². The van der Waals surface area contributed by atoms with Gasteiger partial charge in [0.25, 0.3) is 10.0 Å². The van der Waals surface area contributed by atoms with Crippen LogP contribution >= 0.6 is 11.3 Å². The summed E-state index contributed by atoms with van der Waals surface area (Å²) in [6.45, 7) is 2.55. The summed E-state index contributed by atoms with van der Waals surface area (Å²) in [4.78, 5) is 14.5. The Labute approximate surface area is 134 Å². The van der Waals surface area contributed by atoms with E-state index >= 15 is 0 Å². The average molecular weight is 344 g/mol. The van der Waals surface area contributed by atoms with Crippen LogP contribution in [0.5, 0.6) is 0 Å². The SMILES string of the molecule is O=C(C1CCCCN1S(=O)(=O)c1cccs1)N1CCOCC1. The molecule has 8 heteroatoms. The van der Waals surface area contributed by atoms with Gasteiger partial charge < -0.3 is 9.64 Å². The summed E-state index contributed by atoms with van der Waals surface area (Å²) in [5, 5.41) is 1.75. The highest BCUT2D eigenvalue weighted by atomic mass is 32.2. The molecule has 6 nitrogen and oxygen atoms in total. The molecule has 1 aromatic rings. The number of piperidine rings is 1. The average Bonchev–Trinajstić information content (AvgIpc) is 3.10. The molecule has 2 aliphatic rings. The monoisotopic (exact) mass is 344 g/mol. The molecular weight excluding hydrogens is 324 g/mol. The fourth-order valence-corrected chi connectivity index (χ4v) is 5.73. The predicted molar refractivity (Wildman–Crippen MR) is 83.2 cm³/mol. The lowest BCUT2D eigenvalue weighted by atomic mass is 10.0. The first kappa shape index (κ1) is 15.9. The number of carbonyl (C=O) groups is 1. The maximum atomic E-state index is 12.8. The zero-order chi connectivity index (χ0) is 15.6. The number of sulfonamides is 1. The minimum Gasteiger partial charge on any atom is -0.378 e. The van der Waals surface area contributed by atoms with E-state index in [1.807, 2.05) is 0 Å². The third-order valence-corrected chi connectivity index (χ3v) is 7.40. The Balaban J connectivity index is 1.83. The van der Waals surface area contributed by atoms with Crippen molar-refractivity contribution >= 4 is 27.3 Å². The maximum absolute atomic E-state index is 12.8. The molecule has 0 saturated carbocycles. The highest BCUT2D eigenvalue weighted by Gasteiger charge is 2.40. The summed E-state index contributed by atoms with van der Waals surface area (Å²) >= 11 is 1.20. The van der Waals surface area contributed by atoms with Crippen molar-refractivity contribution in [3.63, 3.8) is 0 Å². The van der Waals surface area contributed by atoms with Crippen LogP contribution in [0, 0.1) is 0 Å². The van der Waals surface area contributed by atoms with Crippen LogP contribution in [0.1, 0.15) is 19.3 Å². The van der Waals surface area contributed by atoms with Gasteiger partial charge in [-0.05, 0) is 24.3 Å². The molecule has 3 heterocycles. The van der Waals surface area contributed by atoms with Crippen molar-refractivity contribution < 1.29 is 17.9 Å². The fraction of sp³-hybridized carbons (Fsp3) is 0.643. The molecule has 0 radical (unpaired) electrons. The number of ether oxygens (including phenoxy) is 1. The number of rotatable bonds is 3. The van der Waals surface area contributed by atoms with E-state index in [2.05, 4.69) is 0 Å². The topological polar surface area (TPSA) is 66.9 Å². The summed E-state index contributed by atoms with van der Waals surface area (Å²) in [5.41, 5.74) is 0. The number of hydrogen-bond acceptors (Lipinski definition) is 5. The number of hydrogen-bond donors (Lipinski definition) is 0. The first-order chi connectivity index (χ1) is 10.6. The van der Waals surface area contributed by atoms with Crippen molar-refractivity contribution in [2.75, 3.05) is 32.8 Å². The Bertz CT molecular complexity index is 609. The largest absolute Gasteiger partial charge is 0.378 e. The van der Waals surface area contributed by atoms with Crippen molar-refractivity contribution in [3.8, 4) is 0 Å². The van der Waals surface area contributed by atoms with Crippen molar-refractivity contribution in [2.45, 2.75) is 29.5 Å². The van der Waals surface area contributed by atoms with E-state index in [1.54, 1.807) is 22.4 Å². The van der Waals surface area contributed by atoms with Crippen molar-refractivity contribution in [1.82, 2.24) is 9.21 Å². The summed E-state index contributed by atoms with van der Waals surface area (Å²) in [6.07, 6.45) is 2.29. The molecule has 0 N–H and O–H groups in total. The van der Waals surface area contributed by atoms with E-state index in [1.165, 1.54) is 15.6 Å². The Morgan fingerprint density at radius 2 is 2.00 bits per heavy atom. The summed E-state index contributed by atoms with van der Waals surface area (Å²) < 4.78 is 32.6.